The lowest BCUT2D eigenvalue weighted by Gasteiger charge is -2.00. The fourth-order valence-corrected chi connectivity index (χ4v) is 1.47. The molecule has 18 heavy (non-hydrogen) atoms. The van der Waals surface area contributed by atoms with E-state index < -0.39 is 5.97 Å². The Labute approximate surface area is 106 Å². The van der Waals surface area contributed by atoms with Crippen molar-refractivity contribution in [3.63, 3.8) is 0 Å². The van der Waals surface area contributed by atoms with Crippen LogP contribution in [0.4, 0.5) is 0 Å². The normalized spacial score (nSPS) is 11.1. The average Bonchev–Trinajstić information content (AvgIpc) is 2.46. The first-order chi connectivity index (χ1) is 8.77. The number of nitrogens with zero attached hydrogens (tertiary/aromatic N) is 1. The van der Waals surface area contributed by atoms with Crippen molar-refractivity contribution in [1.29, 1.82) is 0 Å². The van der Waals surface area contributed by atoms with Crippen molar-refractivity contribution < 1.29 is 9.63 Å². The van der Waals surface area contributed by atoms with Crippen LogP contribution in [0.2, 0.25) is 0 Å². The molecule has 2 aromatic rings. The summed E-state index contributed by atoms with van der Waals surface area (Å²) in [5.74, 6) is -0.453. The Hall–Kier alpha value is -2.42. The van der Waals surface area contributed by atoms with Gasteiger partial charge in [0.2, 0.25) is 0 Å². The molecule has 0 fully saturated rings. The highest BCUT2D eigenvalue weighted by Crippen LogP contribution is 2.04. The van der Waals surface area contributed by atoms with Gasteiger partial charge in [-0.2, -0.15) is 0 Å². The molecule has 0 radical (unpaired) electrons. The SMILES string of the molecule is C/C(=N\OC(=O)c1ccccc1)c1ccccc1. The standard InChI is InChI=1S/C15H13NO2/c1-12(13-8-4-2-5-9-13)16-18-15(17)14-10-6-3-7-11-14/h2-11H,1H3/b16-12+. The van der Waals surface area contributed by atoms with Gasteiger partial charge in [0.25, 0.3) is 0 Å². The zero-order valence-electron chi connectivity index (χ0n) is 10.0. The predicted molar refractivity (Wildman–Crippen MR) is 70.5 cm³/mol. The molecule has 0 aromatic heterocycles. The quantitative estimate of drug-likeness (QED) is 0.468. The van der Waals surface area contributed by atoms with E-state index in [1.54, 1.807) is 31.2 Å². The molecule has 3 nitrogen and oxygen atoms in total. The van der Waals surface area contributed by atoms with Crippen LogP contribution >= 0.6 is 0 Å². The number of benzene rings is 2. The summed E-state index contributed by atoms with van der Waals surface area (Å²) in [6.45, 7) is 1.80. The van der Waals surface area contributed by atoms with Gasteiger partial charge >= 0.3 is 5.97 Å². The number of hydrogen-bond donors (Lipinski definition) is 0. The Morgan fingerprint density at radius 1 is 0.889 bits per heavy atom. The molecule has 0 amide bonds. The first kappa shape index (κ1) is 12.0. The van der Waals surface area contributed by atoms with E-state index >= 15 is 0 Å². The Morgan fingerprint density at radius 3 is 1.94 bits per heavy atom. The van der Waals surface area contributed by atoms with E-state index in [-0.39, 0.29) is 0 Å². The van der Waals surface area contributed by atoms with Crippen LogP contribution in [-0.2, 0) is 4.84 Å². The third-order valence-corrected chi connectivity index (χ3v) is 2.47. The molecule has 3 heteroatoms. The van der Waals surface area contributed by atoms with Gasteiger partial charge in [0.15, 0.2) is 0 Å². The maximum Gasteiger partial charge on any atom is 0.365 e. The van der Waals surface area contributed by atoms with Gasteiger partial charge in [0.1, 0.15) is 0 Å². The van der Waals surface area contributed by atoms with E-state index in [9.17, 15) is 4.79 Å². The van der Waals surface area contributed by atoms with Crippen molar-refractivity contribution in [2.75, 3.05) is 0 Å². The Kier molecular flexibility index (Phi) is 3.86. The van der Waals surface area contributed by atoms with Crippen LogP contribution in [-0.4, -0.2) is 11.7 Å². The largest absolute Gasteiger partial charge is 0.365 e. The van der Waals surface area contributed by atoms with Gasteiger partial charge in [-0.25, -0.2) is 4.79 Å². The predicted octanol–water partition coefficient (Wildman–Crippen LogP) is 3.27. The minimum absolute atomic E-state index is 0.453. The van der Waals surface area contributed by atoms with Gasteiger partial charge in [-0.05, 0) is 24.6 Å². The van der Waals surface area contributed by atoms with E-state index in [0.29, 0.717) is 11.3 Å². The van der Waals surface area contributed by atoms with Gasteiger partial charge in [0, 0.05) is 0 Å². The van der Waals surface area contributed by atoms with Crippen molar-refractivity contribution >= 4 is 11.7 Å². The number of carbonyl (C=O) groups is 1. The molecule has 0 atom stereocenters. The number of rotatable bonds is 3. The molecule has 0 bridgehead atoms. The molecule has 90 valence electrons. The number of hydrogen-bond acceptors (Lipinski definition) is 3. The summed E-state index contributed by atoms with van der Waals surface area (Å²) in [5.41, 5.74) is 2.08. The summed E-state index contributed by atoms with van der Waals surface area (Å²) in [6.07, 6.45) is 0. The summed E-state index contributed by atoms with van der Waals surface area (Å²) in [4.78, 5) is 16.5. The van der Waals surface area contributed by atoms with Crippen LogP contribution in [0.25, 0.3) is 0 Å². The van der Waals surface area contributed by atoms with Crippen molar-refractivity contribution in [3.8, 4) is 0 Å². The van der Waals surface area contributed by atoms with Crippen LogP contribution in [0, 0.1) is 0 Å². The summed E-state index contributed by atoms with van der Waals surface area (Å²) in [6, 6.07) is 18.4. The van der Waals surface area contributed by atoms with Gasteiger partial charge < -0.3 is 4.84 Å². The molecular weight excluding hydrogens is 226 g/mol. The van der Waals surface area contributed by atoms with Crippen LogP contribution in [0.5, 0.6) is 0 Å². The topological polar surface area (TPSA) is 38.7 Å². The average molecular weight is 239 g/mol. The zero-order valence-corrected chi connectivity index (χ0v) is 10.0. The molecule has 0 saturated carbocycles. The third-order valence-electron chi connectivity index (χ3n) is 2.47. The summed E-state index contributed by atoms with van der Waals surface area (Å²) in [5, 5.41) is 3.84. The minimum atomic E-state index is -0.453. The highest BCUT2D eigenvalue weighted by molar-refractivity contribution is 5.99. The number of carbonyl (C=O) groups excluding carboxylic acids is 1. The van der Waals surface area contributed by atoms with Gasteiger partial charge in [-0.1, -0.05) is 53.7 Å². The van der Waals surface area contributed by atoms with E-state index in [1.807, 2.05) is 36.4 Å². The number of oxime groups is 1. The zero-order chi connectivity index (χ0) is 12.8. The molecule has 0 aliphatic heterocycles. The second kappa shape index (κ2) is 5.77. The molecular formula is C15H13NO2. The summed E-state index contributed by atoms with van der Waals surface area (Å²) >= 11 is 0. The van der Waals surface area contributed by atoms with Gasteiger partial charge in [-0.3, -0.25) is 0 Å². The Bertz CT molecular complexity index is 547. The van der Waals surface area contributed by atoms with Crippen molar-refractivity contribution in [3.05, 3.63) is 71.8 Å². The summed E-state index contributed by atoms with van der Waals surface area (Å²) < 4.78 is 0. The fraction of sp³-hybridized carbons (Fsp3) is 0.0667. The highest BCUT2D eigenvalue weighted by Gasteiger charge is 2.06. The first-order valence-electron chi connectivity index (χ1n) is 5.64. The summed E-state index contributed by atoms with van der Waals surface area (Å²) in [7, 11) is 0. The molecule has 0 aliphatic carbocycles. The van der Waals surface area contributed by atoms with E-state index in [0.717, 1.165) is 5.56 Å². The molecule has 2 rings (SSSR count). The molecule has 0 N–H and O–H groups in total. The van der Waals surface area contributed by atoms with Crippen molar-refractivity contribution in [2.24, 2.45) is 5.16 Å². The lowest BCUT2D eigenvalue weighted by Crippen LogP contribution is -2.03. The van der Waals surface area contributed by atoms with Crippen LogP contribution in [0.1, 0.15) is 22.8 Å². The lowest BCUT2D eigenvalue weighted by molar-refractivity contribution is 0.0516. The minimum Gasteiger partial charge on any atom is -0.313 e. The molecule has 2 aromatic carbocycles. The second-order valence-corrected chi connectivity index (χ2v) is 3.79. The monoisotopic (exact) mass is 239 g/mol. The fourth-order valence-electron chi connectivity index (χ4n) is 1.47. The van der Waals surface area contributed by atoms with Crippen molar-refractivity contribution in [2.45, 2.75) is 6.92 Å². The second-order valence-electron chi connectivity index (χ2n) is 3.79. The maximum atomic E-state index is 11.7. The van der Waals surface area contributed by atoms with Gasteiger partial charge in [0.05, 0.1) is 11.3 Å². The molecule has 0 saturated heterocycles. The Balaban J connectivity index is 2.05. The smallest absolute Gasteiger partial charge is 0.313 e. The third kappa shape index (κ3) is 3.04. The molecule has 0 spiro atoms. The highest BCUT2D eigenvalue weighted by atomic mass is 16.7. The van der Waals surface area contributed by atoms with E-state index in [1.165, 1.54) is 0 Å². The van der Waals surface area contributed by atoms with E-state index in [2.05, 4.69) is 5.16 Å². The molecule has 0 aliphatic rings. The molecule has 0 unspecified atom stereocenters. The lowest BCUT2D eigenvalue weighted by atomic mass is 10.1. The van der Waals surface area contributed by atoms with Crippen LogP contribution < -0.4 is 0 Å². The van der Waals surface area contributed by atoms with Gasteiger partial charge in [-0.15, -0.1) is 0 Å². The molecule has 0 heterocycles. The van der Waals surface area contributed by atoms with E-state index in [4.69, 9.17) is 4.84 Å². The first-order valence-corrected chi connectivity index (χ1v) is 5.64. The van der Waals surface area contributed by atoms with Crippen LogP contribution in [0.3, 0.4) is 0 Å². The van der Waals surface area contributed by atoms with Crippen LogP contribution in [0.15, 0.2) is 65.8 Å². The Morgan fingerprint density at radius 2 is 1.39 bits per heavy atom. The van der Waals surface area contributed by atoms with Crippen molar-refractivity contribution in [1.82, 2.24) is 0 Å². The maximum absolute atomic E-state index is 11.7.